The molecule has 0 aliphatic rings. The summed E-state index contributed by atoms with van der Waals surface area (Å²) in [6, 6.07) is 4.61. The van der Waals surface area contributed by atoms with Crippen LogP contribution in [0.3, 0.4) is 0 Å². The molecular weight excluding hydrogens is 216 g/mol. The standard InChI is InChI=1S/C10H11ClN2O2/c1-5(14)8(11)6-3-2-4-7(9(6)15)10(12)13/h2-4,8,15H,1H3,(H3,12,13). The van der Waals surface area contributed by atoms with Crippen LogP contribution in [0.25, 0.3) is 0 Å². The summed E-state index contributed by atoms with van der Waals surface area (Å²) in [4.78, 5) is 11.0. The van der Waals surface area contributed by atoms with Crippen LogP contribution in [0.15, 0.2) is 18.2 Å². The third-order valence-corrected chi connectivity index (χ3v) is 2.53. The van der Waals surface area contributed by atoms with Crippen LogP contribution < -0.4 is 5.73 Å². The Morgan fingerprint density at radius 1 is 1.60 bits per heavy atom. The smallest absolute Gasteiger partial charge is 0.152 e. The Bertz CT molecular complexity index is 418. The van der Waals surface area contributed by atoms with Gasteiger partial charge in [-0.3, -0.25) is 10.2 Å². The minimum atomic E-state index is -0.913. The van der Waals surface area contributed by atoms with E-state index in [1.807, 2.05) is 0 Å². The van der Waals surface area contributed by atoms with Crippen LogP contribution in [0.4, 0.5) is 0 Å². The normalized spacial score (nSPS) is 12.1. The Hall–Kier alpha value is -1.55. The first-order chi connectivity index (χ1) is 6.95. The second-order valence-corrected chi connectivity index (χ2v) is 3.57. The van der Waals surface area contributed by atoms with Gasteiger partial charge in [-0.1, -0.05) is 12.1 Å². The number of nitrogens with two attached hydrogens (primary N) is 1. The molecule has 0 fully saturated rings. The van der Waals surface area contributed by atoms with Crippen molar-refractivity contribution < 1.29 is 9.90 Å². The van der Waals surface area contributed by atoms with Gasteiger partial charge in [-0.2, -0.15) is 0 Å². The summed E-state index contributed by atoms with van der Waals surface area (Å²) in [6.07, 6.45) is 0. The number of hydrogen-bond acceptors (Lipinski definition) is 3. The largest absolute Gasteiger partial charge is 0.507 e. The van der Waals surface area contributed by atoms with Crippen molar-refractivity contribution in [1.29, 1.82) is 5.41 Å². The van der Waals surface area contributed by atoms with Gasteiger partial charge in [0.1, 0.15) is 17.0 Å². The molecule has 1 aromatic rings. The summed E-state index contributed by atoms with van der Waals surface area (Å²) in [5.74, 6) is -0.741. The third-order valence-electron chi connectivity index (χ3n) is 1.99. The monoisotopic (exact) mass is 226 g/mol. The number of aromatic hydroxyl groups is 1. The number of rotatable bonds is 3. The van der Waals surface area contributed by atoms with E-state index in [9.17, 15) is 9.90 Å². The summed E-state index contributed by atoms with van der Waals surface area (Å²) in [6.45, 7) is 1.33. The summed E-state index contributed by atoms with van der Waals surface area (Å²) >= 11 is 5.80. The van der Waals surface area contributed by atoms with Crippen molar-refractivity contribution in [3.63, 3.8) is 0 Å². The van der Waals surface area contributed by atoms with Gasteiger partial charge in [0.25, 0.3) is 0 Å². The van der Waals surface area contributed by atoms with E-state index in [1.54, 1.807) is 6.07 Å². The van der Waals surface area contributed by atoms with E-state index in [1.165, 1.54) is 19.1 Å². The molecule has 0 saturated heterocycles. The molecule has 0 spiro atoms. The van der Waals surface area contributed by atoms with Crippen molar-refractivity contribution in [2.45, 2.75) is 12.3 Å². The number of phenolic OH excluding ortho intramolecular Hbond substituents is 1. The fourth-order valence-electron chi connectivity index (χ4n) is 1.20. The van der Waals surface area contributed by atoms with E-state index in [4.69, 9.17) is 22.7 Å². The predicted molar refractivity (Wildman–Crippen MR) is 58.4 cm³/mol. The summed E-state index contributed by atoms with van der Waals surface area (Å²) in [5.41, 5.74) is 5.71. The molecule has 4 nitrogen and oxygen atoms in total. The highest BCUT2D eigenvalue weighted by Gasteiger charge is 2.19. The maximum absolute atomic E-state index is 11.0. The SMILES string of the molecule is CC(=O)C(Cl)c1cccc(C(=N)N)c1O. The molecule has 1 rings (SSSR count). The van der Waals surface area contributed by atoms with Gasteiger partial charge in [-0.05, 0) is 13.0 Å². The molecule has 0 saturated carbocycles. The minimum absolute atomic E-state index is 0.180. The van der Waals surface area contributed by atoms with Gasteiger partial charge in [0.15, 0.2) is 5.78 Å². The summed E-state index contributed by atoms with van der Waals surface area (Å²) in [7, 11) is 0. The number of benzene rings is 1. The lowest BCUT2D eigenvalue weighted by Crippen LogP contribution is -2.12. The number of nitrogen functional groups attached to an aromatic ring is 1. The van der Waals surface area contributed by atoms with Gasteiger partial charge < -0.3 is 10.8 Å². The number of ketones is 1. The van der Waals surface area contributed by atoms with Crippen LogP contribution in [0, 0.1) is 5.41 Å². The molecule has 0 radical (unpaired) electrons. The fraction of sp³-hybridized carbons (Fsp3) is 0.200. The van der Waals surface area contributed by atoms with Crippen LogP contribution in [0.1, 0.15) is 23.4 Å². The Morgan fingerprint density at radius 3 is 2.67 bits per heavy atom. The molecule has 1 atom stereocenters. The molecule has 5 heteroatoms. The number of carbonyl (C=O) groups is 1. The number of nitrogens with one attached hydrogen (secondary N) is 1. The molecule has 1 aromatic carbocycles. The van der Waals surface area contributed by atoms with Crippen molar-refractivity contribution in [2.75, 3.05) is 0 Å². The highest BCUT2D eigenvalue weighted by molar-refractivity contribution is 6.31. The molecule has 0 aromatic heterocycles. The summed E-state index contributed by atoms with van der Waals surface area (Å²) in [5, 5.41) is 16.0. The van der Waals surface area contributed by atoms with Crippen molar-refractivity contribution in [2.24, 2.45) is 5.73 Å². The van der Waals surface area contributed by atoms with Gasteiger partial charge in [0.05, 0.1) is 5.56 Å². The van der Waals surface area contributed by atoms with Gasteiger partial charge in [-0.15, -0.1) is 11.6 Å². The van der Waals surface area contributed by atoms with Crippen molar-refractivity contribution in [3.05, 3.63) is 29.3 Å². The van der Waals surface area contributed by atoms with Gasteiger partial charge in [-0.25, -0.2) is 0 Å². The van der Waals surface area contributed by atoms with E-state index in [0.29, 0.717) is 0 Å². The second kappa shape index (κ2) is 4.31. The zero-order valence-corrected chi connectivity index (χ0v) is 8.88. The van der Waals surface area contributed by atoms with Crippen LogP contribution in [-0.2, 0) is 4.79 Å². The first kappa shape index (κ1) is 11.5. The van der Waals surface area contributed by atoms with E-state index in [2.05, 4.69) is 0 Å². The molecule has 0 aliphatic carbocycles. The minimum Gasteiger partial charge on any atom is -0.507 e. The van der Waals surface area contributed by atoms with E-state index < -0.39 is 5.38 Å². The van der Waals surface area contributed by atoms with Crippen LogP contribution in [0.5, 0.6) is 5.75 Å². The average molecular weight is 227 g/mol. The molecular formula is C10H11ClN2O2. The Balaban J connectivity index is 3.26. The molecule has 15 heavy (non-hydrogen) atoms. The lowest BCUT2D eigenvalue weighted by molar-refractivity contribution is -0.116. The number of para-hydroxylation sites is 1. The van der Waals surface area contributed by atoms with Crippen molar-refractivity contribution in [1.82, 2.24) is 0 Å². The van der Waals surface area contributed by atoms with Gasteiger partial charge >= 0.3 is 0 Å². The van der Waals surface area contributed by atoms with Crippen LogP contribution >= 0.6 is 11.6 Å². The number of phenols is 1. The van der Waals surface area contributed by atoms with E-state index in [-0.39, 0.29) is 28.5 Å². The molecule has 4 N–H and O–H groups in total. The highest BCUT2D eigenvalue weighted by atomic mass is 35.5. The third kappa shape index (κ3) is 2.27. The number of hydrogen-bond donors (Lipinski definition) is 3. The Labute approximate surface area is 92.2 Å². The zero-order valence-electron chi connectivity index (χ0n) is 8.12. The maximum atomic E-state index is 11.0. The van der Waals surface area contributed by atoms with Gasteiger partial charge in [0.2, 0.25) is 0 Å². The maximum Gasteiger partial charge on any atom is 0.152 e. The number of amidine groups is 1. The molecule has 1 unspecified atom stereocenters. The number of halogens is 1. The predicted octanol–water partition coefficient (Wildman–Crippen LogP) is 1.55. The van der Waals surface area contributed by atoms with E-state index in [0.717, 1.165) is 0 Å². The van der Waals surface area contributed by atoms with Crippen LogP contribution in [0.2, 0.25) is 0 Å². The Kier molecular flexibility index (Phi) is 3.31. The zero-order chi connectivity index (χ0) is 11.6. The van der Waals surface area contributed by atoms with E-state index >= 15 is 0 Å². The number of Topliss-reactive ketones (excluding diaryl/α,β-unsaturated/α-hetero) is 1. The van der Waals surface area contributed by atoms with Gasteiger partial charge in [0, 0.05) is 5.56 Å². The molecule has 0 aliphatic heterocycles. The molecule has 0 heterocycles. The molecule has 0 amide bonds. The average Bonchev–Trinajstić information content (AvgIpc) is 2.16. The fourth-order valence-corrected chi connectivity index (χ4v) is 1.38. The first-order valence-corrected chi connectivity index (χ1v) is 4.69. The first-order valence-electron chi connectivity index (χ1n) is 4.26. The lowest BCUT2D eigenvalue weighted by atomic mass is 10.0. The quantitative estimate of drug-likeness (QED) is 0.415. The highest BCUT2D eigenvalue weighted by Crippen LogP contribution is 2.31. The van der Waals surface area contributed by atoms with Crippen LogP contribution in [-0.4, -0.2) is 16.7 Å². The van der Waals surface area contributed by atoms with Crippen molar-refractivity contribution in [3.8, 4) is 5.75 Å². The Morgan fingerprint density at radius 2 is 2.20 bits per heavy atom. The molecule has 0 bridgehead atoms. The lowest BCUT2D eigenvalue weighted by Gasteiger charge is -2.11. The van der Waals surface area contributed by atoms with Crippen molar-refractivity contribution >= 4 is 23.2 Å². The molecule has 80 valence electrons. The number of carbonyl (C=O) groups excluding carboxylic acids is 1. The topological polar surface area (TPSA) is 87.2 Å². The number of alkyl halides is 1. The second-order valence-electron chi connectivity index (χ2n) is 3.13. The summed E-state index contributed by atoms with van der Waals surface area (Å²) < 4.78 is 0.